The molecule has 2 amide bonds. The zero-order valence-electron chi connectivity index (χ0n) is 12.1. The molecular formula is C13H22N2O5S. The number of aliphatic carboxylic acids is 1. The number of rotatable bonds is 5. The van der Waals surface area contributed by atoms with E-state index in [0.29, 0.717) is 12.3 Å². The first-order chi connectivity index (χ1) is 9.78. The van der Waals surface area contributed by atoms with Gasteiger partial charge in [-0.2, -0.15) is 0 Å². The number of hydrogen-bond donors (Lipinski definition) is 2. The molecule has 1 heterocycles. The highest BCUT2D eigenvalue weighted by Crippen LogP contribution is 2.29. The van der Waals surface area contributed by atoms with Gasteiger partial charge in [-0.3, -0.25) is 4.79 Å². The molecule has 2 atom stereocenters. The second-order valence-electron chi connectivity index (χ2n) is 6.01. The Labute approximate surface area is 124 Å². The van der Waals surface area contributed by atoms with Crippen molar-refractivity contribution in [3.63, 3.8) is 0 Å². The quantitative estimate of drug-likeness (QED) is 0.766. The van der Waals surface area contributed by atoms with Crippen LogP contribution in [0, 0.1) is 5.92 Å². The molecule has 0 aromatic rings. The molecule has 120 valence electrons. The normalized spacial score (nSPS) is 25.9. The summed E-state index contributed by atoms with van der Waals surface area (Å²) in [7, 11) is -3.16. The summed E-state index contributed by atoms with van der Waals surface area (Å²) in [6.45, 7) is 1.44. The lowest BCUT2D eigenvalue weighted by atomic mass is 9.80. The number of sulfone groups is 1. The van der Waals surface area contributed by atoms with Crippen molar-refractivity contribution in [2.24, 2.45) is 5.92 Å². The molecule has 2 N–H and O–H groups in total. The number of hydrogen-bond acceptors (Lipinski definition) is 4. The van der Waals surface area contributed by atoms with Crippen molar-refractivity contribution in [3.05, 3.63) is 0 Å². The van der Waals surface area contributed by atoms with E-state index in [0.717, 1.165) is 24.2 Å². The van der Waals surface area contributed by atoms with Gasteiger partial charge in [0, 0.05) is 12.1 Å². The van der Waals surface area contributed by atoms with Crippen molar-refractivity contribution >= 4 is 21.8 Å². The molecule has 0 spiro atoms. The molecule has 2 aliphatic rings. The van der Waals surface area contributed by atoms with Crippen molar-refractivity contribution in [1.82, 2.24) is 10.2 Å². The Bertz CT molecular complexity index is 515. The van der Waals surface area contributed by atoms with Crippen LogP contribution >= 0.6 is 0 Å². The number of nitrogens with zero attached hydrogens (tertiary/aromatic N) is 1. The predicted molar refractivity (Wildman–Crippen MR) is 76.7 cm³/mol. The third kappa shape index (κ3) is 4.09. The molecule has 1 saturated carbocycles. The van der Waals surface area contributed by atoms with Gasteiger partial charge in [0.25, 0.3) is 0 Å². The fraction of sp³-hybridized carbons (Fsp3) is 0.846. The maximum absolute atomic E-state index is 12.3. The Morgan fingerprint density at radius 1 is 1.33 bits per heavy atom. The van der Waals surface area contributed by atoms with Crippen LogP contribution in [0.5, 0.6) is 0 Å². The number of nitrogens with one attached hydrogen (secondary N) is 1. The molecule has 2 unspecified atom stereocenters. The van der Waals surface area contributed by atoms with E-state index >= 15 is 0 Å². The molecule has 1 saturated heterocycles. The molecule has 8 heteroatoms. The van der Waals surface area contributed by atoms with E-state index in [1.165, 1.54) is 0 Å². The van der Waals surface area contributed by atoms with Crippen LogP contribution in [-0.4, -0.2) is 60.6 Å². The predicted octanol–water partition coefficient (Wildman–Crippen LogP) is 0.458. The van der Waals surface area contributed by atoms with Crippen LogP contribution in [0.1, 0.15) is 32.6 Å². The fourth-order valence-electron chi connectivity index (χ4n) is 2.87. The number of carbonyl (C=O) groups excluding carboxylic acids is 1. The summed E-state index contributed by atoms with van der Waals surface area (Å²) in [6.07, 6.45) is 3.60. The first-order valence-electron chi connectivity index (χ1n) is 7.28. The second-order valence-corrected chi connectivity index (χ2v) is 8.24. The number of carboxylic acid groups (broad SMARTS) is 1. The average Bonchev–Trinajstić information content (AvgIpc) is 2.63. The third-order valence-corrected chi connectivity index (χ3v) is 6.17. The van der Waals surface area contributed by atoms with E-state index in [1.807, 2.05) is 6.92 Å². The van der Waals surface area contributed by atoms with Crippen molar-refractivity contribution in [2.45, 2.75) is 44.7 Å². The molecule has 1 aliphatic heterocycles. The van der Waals surface area contributed by atoms with Gasteiger partial charge in [-0.1, -0.05) is 6.42 Å². The van der Waals surface area contributed by atoms with Gasteiger partial charge in [0.1, 0.15) is 6.54 Å². The van der Waals surface area contributed by atoms with Gasteiger partial charge in [-0.05, 0) is 32.1 Å². The van der Waals surface area contributed by atoms with E-state index in [1.54, 1.807) is 0 Å². The first-order valence-corrected chi connectivity index (χ1v) is 9.10. The Hall–Kier alpha value is -1.31. The summed E-state index contributed by atoms with van der Waals surface area (Å²) in [5.41, 5.74) is 0. The summed E-state index contributed by atoms with van der Waals surface area (Å²) >= 11 is 0. The largest absolute Gasteiger partial charge is 0.480 e. The zero-order valence-corrected chi connectivity index (χ0v) is 12.9. The van der Waals surface area contributed by atoms with Gasteiger partial charge in [-0.25, -0.2) is 13.2 Å². The highest BCUT2D eigenvalue weighted by molar-refractivity contribution is 7.91. The molecule has 21 heavy (non-hydrogen) atoms. The van der Waals surface area contributed by atoms with Crippen LogP contribution in [0.4, 0.5) is 4.79 Å². The highest BCUT2D eigenvalue weighted by Gasteiger charge is 2.36. The third-order valence-electron chi connectivity index (χ3n) is 4.42. The van der Waals surface area contributed by atoms with Crippen LogP contribution < -0.4 is 5.32 Å². The lowest BCUT2D eigenvalue weighted by Crippen LogP contribution is -2.52. The van der Waals surface area contributed by atoms with Crippen LogP contribution in [0.15, 0.2) is 0 Å². The summed E-state index contributed by atoms with van der Waals surface area (Å²) < 4.78 is 23.1. The molecule has 2 fully saturated rings. The van der Waals surface area contributed by atoms with Crippen molar-refractivity contribution in [1.29, 1.82) is 0 Å². The standard InChI is InChI=1S/C13H22N2O5S/c1-9(10-3-2-4-10)14-13(18)15(7-12(16)17)11-5-6-21(19,20)8-11/h9-11H,2-8H2,1H3,(H,14,18)(H,16,17). The van der Waals surface area contributed by atoms with Crippen molar-refractivity contribution < 1.29 is 23.1 Å². The minimum Gasteiger partial charge on any atom is -0.480 e. The molecule has 0 bridgehead atoms. The molecule has 0 aromatic heterocycles. The van der Waals surface area contributed by atoms with Gasteiger partial charge in [0.15, 0.2) is 9.84 Å². The van der Waals surface area contributed by atoms with Crippen LogP contribution in [0.3, 0.4) is 0 Å². The Morgan fingerprint density at radius 2 is 2.00 bits per heavy atom. The Kier molecular flexibility index (Phi) is 4.75. The molecule has 7 nitrogen and oxygen atoms in total. The molecule has 0 radical (unpaired) electrons. The van der Waals surface area contributed by atoms with Crippen LogP contribution in [-0.2, 0) is 14.6 Å². The van der Waals surface area contributed by atoms with E-state index in [2.05, 4.69) is 5.32 Å². The van der Waals surface area contributed by atoms with Gasteiger partial charge in [-0.15, -0.1) is 0 Å². The summed E-state index contributed by atoms with van der Waals surface area (Å²) in [6, 6.07) is -1.03. The highest BCUT2D eigenvalue weighted by atomic mass is 32.2. The monoisotopic (exact) mass is 318 g/mol. The molecule has 0 aromatic carbocycles. The number of amides is 2. The topological polar surface area (TPSA) is 104 Å². The SMILES string of the molecule is CC(NC(=O)N(CC(=O)O)C1CCS(=O)(=O)C1)C1CCC1. The molecule has 1 aliphatic carbocycles. The van der Waals surface area contributed by atoms with Gasteiger partial charge < -0.3 is 15.3 Å². The van der Waals surface area contributed by atoms with E-state index in [9.17, 15) is 18.0 Å². The molecular weight excluding hydrogens is 296 g/mol. The van der Waals surface area contributed by atoms with E-state index in [-0.39, 0.29) is 17.5 Å². The maximum atomic E-state index is 12.3. The number of urea groups is 1. The first kappa shape index (κ1) is 16.1. The molecule has 2 rings (SSSR count). The Balaban J connectivity index is 2.01. The van der Waals surface area contributed by atoms with Gasteiger partial charge in [0.05, 0.1) is 11.5 Å². The lowest BCUT2D eigenvalue weighted by molar-refractivity contribution is -0.138. The maximum Gasteiger partial charge on any atom is 0.323 e. The van der Waals surface area contributed by atoms with E-state index < -0.39 is 34.4 Å². The van der Waals surface area contributed by atoms with Gasteiger partial charge >= 0.3 is 12.0 Å². The van der Waals surface area contributed by atoms with Crippen LogP contribution in [0.25, 0.3) is 0 Å². The summed E-state index contributed by atoms with van der Waals surface area (Å²) in [5.74, 6) is -0.830. The van der Waals surface area contributed by atoms with E-state index in [4.69, 9.17) is 5.11 Å². The van der Waals surface area contributed by atoms with Crippen molar-refractivity contribution in [3.8, 4) is 0 Å². The van der Waals surface area contributed by atoms with Gasteiger partial charge in [0.2, 0.25) is 0 Å². The second kappa shape index (κ2) is 6.21. The average molecular weight is 318 g/mol. The smallest absolute Gasteiger partial charge is 0.323 e. The number of carbonyl (C=O) groups is 2. The van der Waals surface area contributed by atoms with Crippen LogP contribution in [0.2, 0.25) is 0 Å². The minimum absolute atomic E-state index is 0.0131. The summed E-state index contributed by atoms with van der Waals surface area (Å²) in [5, 5.41) is 11.8. The minimum atomic E-state index is -3.16. The fourth-order valence-corrected chi connectivity index (χ4v) is 4.60. The Morgan fingerprint density at radius 3 is 2.43 bits per heavy atom. The number of carboxylic acids is 1. The lowest BCUT2D eigenvalue weighted by Gasteiger charge is -2.34. The summed E-state index contributed by atoms with van der Waals surface area (Å²) in [4.78, 5) is 24.4. The van der Waals surface area contributed by atoms with Crippen molar-refractivity contribution in [2.75, 3.05) is 18.1 Å². The zero-order chi connectivity index (χ0) is 15.6.